The summed E-state index contributed by atoms with van der Waals surface area (Å²) in [6.45, 7) is 3.47. The van der Waals surface area contributed by atoms with Crippen LogP contribution in [-0.2, 0) is 24.6 Å². The fraction of sp³-hybridized carbons (Fsp3) is 0.281. The molecule has 9 nitrogen and oxygen atoms in total. The predicted octanol–water partition coefficient (Wildman–Crippen LogP) is 5.32. The van der Waals surface area contributed by atoms with Crippen LogP contribution in [0.3, 0.4) is 0 Å². The number of pyridine rings is 1. The number of rotatable bonds is 10. The Morgan fingerprint density at radius 2 is 1.90 bits per heavy atom. The van der Waals surface area contributed by atoms with Crippen LogP contribution in [-0.4, -0.2) is 43.5 Å². The lowest BCUT2D eigenvalue weighted by molar-refractivity contribution is -0.144. The Morgan fingerprint density at radius 3 is 2.71 bits per heavy atom. The Kier molecular flexibility index (Phi) is 8.82. The van der Waals surface area contributed by atoms with E-state index in [1.54, 1.807) is 18.5 Å². The molecule has 0 amide bonds. The highest BCUT2D eigenvalue weighted by atomic mass is 16.5. The van der Waals surface area contributed by atoms with Crippen LogP contribution in [0.2, 0.25) is 0 Å². The fourth-order valence-corrected chi connectivity index (χ4v) is 5.05. The fourth-order valence-electron chi connectivity index (χ4n) is 5.05. The van der Waals surface area contributed by atoms with Gasteiger partial charge in [0.1, 0.15) is 25.3 Å². The molecule has 3 heterocycles. The maximum Gasteiger partial charge on any atom is 0.320 e. The molecule has 1 N–H and O–H groups in total. The Morgan fingerprint density at radius 1 is 1.05 bits per heavy atom. The third-order valence-electron chi connectivity index (χ3n) is 7.26. The number of nitrogens with zero attached hydrogens (tertiary/aromatic N) is 5. The zero-order valence-electron chi connectivity index (χ0n) is 22.9. The molecule has 0 radical (unpaired) electrons. The van der Waals surface area contributed by atoms with Gasteiger partial charge in [-0.3, -0.25) is 14.7 Å². The molecule has 1 aliphatic heterocycles. The molecule has 1 fully saturated rings. The molecule has 0 unspecified atom stereocenters. The van der Waals surface area contributed by atoms with Gasteiger partial charge in [0.15, 0.2) is 0 Å². The largest absolute Gasteiger partial charge is 0.480 e. The van der Waals surface area contributed by atoms with E-state index >= 15 is 0 Å². The second-order valence-electron chi connectivity index (χ2n) is 10.0. The second-order valence-corrected chi connectivity index (χ2v) is 10.0. The Labute approximate surface area is 239 Å². The van der Waals surface area contributed by atoms with Gasteiger partial charge in [0.05, 0.1) is 5.56 Å². The lowest BCUT2D eigenvalue weighted by Gasteiger charge is -2.32. The third-order valence-corrected chi connectivity index (χ3v) is 7.26. The molecule has 0 aliphatic carbocycles. The molecule has 1 aliphatic rings. The number of likely N-dealkylation sites (tertiary alicyclic amines) is 1. The van der Waals surface area contributed by atoms with Crippen LogP contribution in [0.15, 0.2) is 73.2 Å². The van der Waals surface area contributed by atoms with Gasteiger partial charge >= 0.3 is 12.0 Å². The third kappa shape index (κ3) is 6.86. The number of carboxylic acids is 1. The van der Waals surface area contributed by atoms with Crippen LogP contribution in [0.4, 0.5) is 0 Å². The number of ether oxygens (including phenoxy) is 2. The van der Waals surface area contributed by atoms with Crippen molar-refractivity contribution >= 4 is 5.97 Å². The number of carbonyl (C=O) groups is 1. The molecule has 0 saturated carbocycles. The van der Waals surface area contributed by atoms with Crippen LogP contribution in [0.1, 0.15) is 47.1 Å². The average molecular weight is 550 g/mol. The van der Waals surface area contributed by atoms with Gasteiger partial charge in [-0.15, -0.1) is 0 Å². The van der Waals surface area contributed by atoms with E-state index in [0.717, 1.165) is 35.1 Å². The first-order valence-electron chi connectivity index (χ1n) is 13.6. The van der Waals surface area contributed by atoms with E-state index in [1.165, 1.54) is 6.20 Å². The van der Waals surface area contributed by atoms with Gasteiger partial charge in [0, 0.05) is 36.3 Å². The van der Waals surface area contributed by atoms with Crippen molar-refractivity contribution in [3.05, 3.63) is 101 Å². The van der Waals surface area contributed by atoms with Crippen molar-refractivity contribution in [1.82, 2.24) is 19.9 Å². The number of hydrogen-bond acceptors (Lipinski definition) is 8. The molecule has 2 aromatic carbocycles. The molecular formula is C32H31N5O4. The lowest BCUT2D eigenvalue weighted by Crippen LogP contribution is -2.44. The van der Waals surface area contributed by atoms with Crippen molar-refractivity contribution in [3.63, 3.8) is 0 Å². The maximum atomic E-state index is 11.9. The summed E-state index contributed by atoms with van der Waals surface area (Å²) in [5.41, 5.74) is 6.21. The van der Waals surface area contributed by atoms with E-state index in [1.807, 2.05) is 35.2 Å². The molecule has 9 heteroatoms. The molecule has 208 valence electrons. The van der Waals surface area contributed by atoms with E-state index in [4.69, 9.17) is 9.47 Å². The number of aromatic nitrogens is 3. The summed E-state index contributed by atoms with van der Waals surface area (Å²) in [5.74, 6) is -0.526. The van der Waals surface area contributed by atoms with Gasteiger partial charge in [-0.05, 0) is 54.6 Å². The standard InChI is InChI=1S/C32H31N5O4/c1-22-26(10-7-11-28(22)25-8-3-2-4-9-25)21-41-32-35-18-27(19-37-13-6-5-12-29(37)31(38)39)30(36-32)40-20-24-14-23(15-33)16-34-17-24/h2-4,7-11,14,16-18,29H,5-6,12-13,19-21H2,1H3,(H,38,39)/t29-/m0/s1. The van der Waals surface area contributed by atoms with Gasteiger partial charge in [0.25, 0.3) is 0 Å². The number of carboxylic acid groups (broad SMARTS) is 1. The minimum absolute atomic E-state index is 0.132. The van der Waals surface area contributed by atoms with E-state index < -0.39 is 12.0 Å². The quantitative estimate of drug-likeness (QED) is 0.280. The van der Waals surface area contributed by atoms with Crippen molar-refractivity contribution in [2.75, 3.05) is 6.54 Å². The summed E-state index contributed by atoms with van der Waals surface area (Å²) in [7, 11) is 0. The highest BCUT2D eigenvalue weighted by molar-refractivity contribution is 5.73. The van der Waals surface area contributed by atoms with Crippen LogP contribution < -0.4 is 9.47 Å². The first kappa shape index (κ1) is 27.7. The maximum absolute atomic E-state index is 11.9. The highest BCUT2D eigenvalue weighted by Crippen LogP contribution is 2.28. The van der Waals surface area contributed by atoms with Crippen LogP contribution in [0.25, 0.3) is 11.1 Å². The number of nitriles is 1. The topological polar surface area (TPSA) is 121 Å². The van der Waals surface area contributed by atoms with Crippen molar-refractivity contribution in [3.8, 4) is 29.1 Å². The first-order chi connectivity index (χ1) is 20.0. The molecule has 0 bridgehead atoms. The molecule has 41 heavy (non-hydrogen) atoms. The van der Waals surface area contributed by atoms with Crippen LogP contribution in [0.5, 0.6) is 11.9 Å². The van der Waals surface area contributed by atoms with Crippen LogP contribution in [0, 0.1) is 18.3 Å². The van der Waals surface area contributed by atoms with Crippen molar-refractivity contribution < 1.29 is 19.4 Å². The van der Waals surface area contributed by atoms with Crippen molar-refractivity contribution in [2.45, 2.75) is 52.0 Å². The van der Waals surface area contributed by atoms with E-state index in [-0.39, 0.29) is 19.2 Å². The summed E-state index contributed by atoms with van der Waals surface area (Å²) < 4.78 is 12.1. The molecule has 4 aromatic rings. The number of hydrogen-bond donors (Lipinski definition) is 1. The molecule has 2 aromatic heterocycles. The SMILES string of the molecule is Cc1c(COc2ncc(CN3CCCC[C@H]3C(=O)O)c(OCc3cncc(C#N)c3)n2)cccc1-c1ccccc1. The number of piperidine rings is 1. The second kappa shape index (κ2) is 13.0. The van der Waals surface area contributed by atoms with Gasteiger partial charge in [0.2, 0.25) is 5.88 Å². The predicted molar refractivity (Wildman–Crippen MR) is 152 cm³/mol. The van der Waals surface area contributed by atoms with Crippen molar-refractivity contribution in [1.29, 1.82) is 5.26 Å². The van der Waals surface area contributed by atoms with Crippen molar-refractivity contribution in [2.24, 2.45) is 0 Å². The van der Waals surface area contributed by atoms with Gasteiger partial charge in [-0.2, -0.15) is 10.2 Å². The Balaban J connectivity index is 1.37. The smallest absolute Gasteiger partial charge is 0.320 e. The zero-order valence-corrected chi connectivity index (χ0v) is 22.9. The molecule has 1 saturated heterocycles. The summed E-state index contributed by atoms with van der Waals surface area (Å²) in [5, 5.41) is 18.9. The number of benzene rings is 2. The molecule has 5 rings (SSSR count). The molecular weight excluding hydrogens is 518 g/mol. The zero-order chi connectivity index (χ0) is 28.6. The van der Waals surface area contributed by atoms with Gasteiger partial charge < -0.3 is 14.6 Å². The summed E-state index contributed by atoms with van der Waals surface area (Å²) >= 11 is 0. The summed E-state index contributed by atoms with van der Waals surface area (Å²) in [6.07, 6.45) is 7.17. The molecule has 0 spiro atoms. The summed E-state index contributed by atoms with van der Waals surface area (Å²) in [6, 6.07) is 19.7. The van der Waals surface area contributed by atoms with E-state index in [0.29, 0.717) is 42.1 Å². The minimum Gasteiger partial charge on any atom is -0.480 e. The first-order valence-corrected chi connectivity index (χ1v) is 13.6. The summed E-state index contributed by atoms with van der Waals surface area (Å²) in [4.78, 5) is 26.9. The Bertz CT molecular complexity index is 1550. The van der Waals surface area contributed by atoms with E-state index in [2.05, 4.69) is 46.1 Å². The normalized spacial score (nSPS) is 15.2. The minimum atomic E-state index is -0.833. The monoisotopic (exact) mass is 549 g/mol. The molecule has 1 atom stereocenters. The van der Waals surface area contributed by atoms with E-state index in [9.17, 15) is 15.2 Å². The highest BCUT2D eigenvalue weighted by Gasteiger charge is 2.29. The lowest BCUT2D eigenvalue weighted by atomic mass is 9.97. The Hall–Kier alpha value is -4.81. The average Bonchev–Trinajstić information content (AvgIpc) is 3.01. The number of aliphatic carboxylic acids is 1. The van der Waals surface area contributed by atoms with Crippen LogP contribution >= 0.6 is 0 Å². The van der Waals surface area contributed by atoms with Gasteiger partial charge in [-0.25, -0.2) is 4.98 Å². The van der Waals surface area contributed by atoms with Gasteiger partial charge in [-0.1, -0.05) is 55.0 Å².